The van der Waals surface area contributed by atoms with Crippen molar-refractivity contribution >= 4 is 15.9 Å². The molecule has 0 aromatic carbocycles. The molecule has 0 spiro atoms. The predicted molar refractivity (Wildman–Crippen MR) is 62.6 cm³/mol. The molecule has 0 rings (SSSR count). The minimum Gasteiger partial charge on any atom is -0.381 e. The van der Waals surface area contributed by atoms with Crippen molar-refractivity contribution in [3.8, 4) is 0 Å². The Labute approximate surface area is 91.4 Å². The van der Waals surface area contributed by atoms with Crippen LogP contribution in [0.15, 0.2) is 0 Å². The van der Waals surface area contributed by atoms with E-state index in [-0.39, 0.29) is 0 Å². The molecule has 0 radical (unpaired) electrons. The summed E-state index contributed by atoms with van der Waals surface area (Å²) in [6.07, 6.45) is 9.20. The molecule has 0 aliphatic rings. The lowest BCUT2D eigenvalue weighted by molar-refractivity contribution is 0.130. The molecule has 0 heterocycles. The summed E-state index contributed by atoms with van der Waals surface area (Å²) in [7, 11) is 0. The highest BCUT2D eigenvalue weighted by molar-refractivity contribution is 9.09. The number of alkyl halides is 1. The first kappa shape index (κ1) is 13.4. The zero-order valence-electron chi connectivity index (χ0n) is 8.86. The largest absolute Gasteiger partial charge is 0.381 e. The van der Waals surface area contributed by atoms with Crippen LogP contribution in [0.4, 0.5) is 0 Å². The van der Waals surface area contributed by atoms with Crippen LogP contribution >= 0.6 is 15.9 Å². The fourth-order valence-corrected chi connectivity index (χ4v) is 1.65. The van der Waals surface area contributed by atoms with Gasteiger partial charge in [0.2, 0.25) is 0 Å². The van der Waals surface area contributed by atoms with Crippen molar-refractivity contribution in [2.24, 2.45) is 0 Å². The second-order valence-electron chi connectivity index (χ2n) is 3.42. The quantitative estimate of drug-likeness (QED) is 0.418. The van der Waals surface area contributed by atoms with E-state index in [0.29, 0.717) is 0 Å². The van der Waals surface area contributed by atoms with Crippen LogP contribution in [0.3, 0.4) is 0 Å². The molecule has 0 aliphatic heterocycles. The molecule has 1 nitrogen and oxygen atoms in total. The minimum atomic E-state index is 0.934. The van der Waals surface area contributed by atoms with Gasteiger partial charge in [-0.1, -0.05) is 48.5 Å². The molecule has 13 heavy (non-hydrogen) atoms. The molecular formula is C11H23BrO. The smallest absolute Gasteiger partial charge is 0.0466 e. The van der Waals surface area contributed by atoms with Crippen LogP contribution in [0.1, 0.15) is 51.9 Å². The second kappa shape index (κ2) is 12.4. The lowest BCUT2D eigenvalue weighted by atomic mass is 10.1. The number of ether oxygens (including phenoxy) is 1. The Balaban J connectivity index is 2.76. The van der Waals surface area contributed by atoms with Crippen LogP contribution in [0, 0.1) is 0 Å². The summed E-state index contributed by atoms with van der Waals surface area (Å²) in [5.41, 5.74) is 0. The van der Waals surface area contributed by atoms with Crippen LogP contribution < -0.4 is 0 Å². The summed E-state index contributed by atoms with van der Waals surface area (Å²) in [6, 6.07) is 0. The number of unbranched alkanes of at least 4 members (excludes halogenated alkanes) is 5. The third-order valence-electron chi connectivity index (χ3n) is 2.02. The van der Waals surface area contributed by atoms with Gasteiger partial charge in [0.1, 0.15) is 0 Å². The summed E-state index contributed by atoms with van der Waals surface area (Å²) in [6.45, 7) is 4.05. The van der Waals surface area contributed by atoms with Crippen LogP contribution in [0.5, 0.6) is 0 Å². The molecule has 0 fully saturated rings. The van der Waals surface area contributed by atoms with E-state index in [1.807, 2.05) is 0 Å². The molecule has 0 aliphatic carbocycles. The fourth-order valence-electron chi connectivity index (χ4n) is 1.25. The Hall–Kier alpha value is 0.440. The predicted octanol–water partition coefficient (Wildman–Crippen LogP) is 4.15. The van der Waals surface area contributed by atoms with E-state index in [0.717, 1.165) is 25.0 Å². The molecule has 2 heteroatoms. The Kier molecular flexibility index (Phi) is 12.9. The Bertz CT molecular complexity index is 76.2. The number of rotatable bonds is 10. The van der Waals surface area contributed by atoms with Crippen molar-refractivity contribution < 1.29 is 4.74 Å². The highest BCUT2D eigenvalue weighted by atomic mass is 79.9. The Morgan fingerprint density at radius 3 is 2.08 bits per heavy atom. The molecule has 0 saturated carbocycles. The van der Waals surface area contributed by atoms with Gasteiger partial charge in [-0.2, -0.15) is 0 Å². The second-order valence-corrected chi connectivity index (χ2v) is 4.22. The molecule has 0 N–H and O–H groups in total. The van der Waals surface area contributed by atoms with Gasteiger partial charge < -0.3 is 4.74 Å². The zero-order valence-corrected chi connectivity index (χ0v) is 10.4. The molecule has 0 aromatic rings. The van der Waals surface area contributed by atoms with Gasteiger partial charge in [0.15, 0.2) is 0 Å². The average molecular weight is 251 g/mol. The Morgan fingerprint density at radius 2 is 1.46 bits per heavy atom. The van der Waals surface area contributed by atoms with E-state index in [4.69, 9.17) is 4.74 Å². The van der Waals surface area contributed by atoms with Crippen molar-refractivity contribution in [3.63, 3.8) is 0 Å². The van der Waals surface area contributed by atoms with E-state index >= 15 is 0 Å². The van der Waals surface area contributed by atoms with E-state index in [9.17, 15) is 0 Å². The average Bonchev–Trinajstić information content (AvgIpc) is 2.16. The molecule has 0 aromatic heterocycles. The van der Waals surface area contributed by atoms with Crippen LogP contribution in [-0.2, 0) is 4.74 Å². The first-order chi connectivity index (χ1) is 6.41. The number of halogens is 1. The van der Waals surface area contributed by atoms with Gasteiger partial charge in [-0.05, 0) is 19.3 Å². The molecule has 0 bridgehead atoms. The van der Waals surface area contributed by atoms with Gasteiger partial charge >= 0.3 is 0 Å². The third kappa shape index (κ3) is 12.4. The number of hydrogen-bond acceptors (Lipinski definition) is 1. The maximum atomic E-state index is 5.40. The van der Waals surface area contributed by atoms with Gasteiger partial charge in [-0.15, -0.1) is 0 Å². The van der Waals surface area contributed by atoms with E-state index < -0.39 is 0 Å². The summed E-state index contributed by atoms with van der Waals surface area (Å²) in [5, 5.41) is 1.16. The van der Waals surface area contributed by atoms with E-state index in [1.54, 1.807) is 0 Å². The van der Waals surface area contributed by atoms with Gasteiger partial charge in [-0.3, -0.25) is 0 Å². The fraction of sp³-hybridized carbons (Fsp3) is 1.00. The highest BCUT2D eigenvalue weighted by Gasteiger charge is 1.90. The normalized spacial score (nSPS) is 10.6. The monoisotopic (exact) mass is 250 g/mol. The van der Waals surface area contributed by atoms with E-state index in [2.05, 4.69) is 22.9 Å². The standard InChI is InChI=1S/C11H23BrO/c1-2-10-13-11-8-6-4-3-5-7-9-12/h2-11H2,1H3. The molecule has 0 saturated heterocycles. The first-order valence-electron chi connectivity index (χ1n) is 5.55. The van der Waals surface area contributed by atoms with Crippen LogP contribution in [0.2, 0.25) is 0 Å². The highest BCUT2D eigenvalue weighted by Crippen LogP contribution is 2.06. The summed E-state index contributed by atoms with van der Waals surface area (Å²) in [5.74, 6) is 0. The molecule has 0 unspecified atom stereocenters. The van der Waals surface area contributed by atoms with Crippen molar-refractivity contribution in [3.05, 3.63) is 0 Å². The lowest BCUT2D eigenvalue weighted by Crippen LogP contribution is -1.95. The summed E-state index contributed by atoms with van der Waals surface area (Å²) >= 11 is 3.44. The van der Waals surface area contributed by atoms with Crippen molar-refractivity contribution in [1.82, 2.24) is 0 Å². The summed E-state index contributed by atoms with van der Waals surface area (Å²) < 4.78 is 5.40. The lowest BCUT2D eigenvalue weighted by Gasteiger charge is -2.02. The van der Waals surface area contributed by atoms with Crippen molar-refractivity contribution in [2.75, 3.05) is 18.5 Å². The topological polar surface area (TPSA) is 9.23 Å². The van der Waals surface area contributed by atoms with Crippen LogP contribution in [-0.4, -0.2) is 18.5 Å². The Morgan fingerprint density at radius 1 is 0.846 bits per heavy atom. The molecule has 80 valence electrons. The van der Waals surface area contributed by atoms with Crippen molar-refractivity contribution in [2.45, 2.75) is 51.9 Å². The maximum absolute atomic E-state index is 5.40. The maximum Gasteiger partial charge on any atom is 0.0466 e. The molecular weight excluding hydrogens is 228 g/mol. The summed E-state index contributed by atoms with van der Waals surface area (Å²) in [4.78, 5) is 0. The molecule has 0 amide bonds. The van der Waals surface area contributed by atoms with Crippen molar-refractivity contribution in [1.29, 1.82) is 0 Å². The zero-order chi connectivity index (χ0) is 9.78. The minimum absolute atomic E-state index is 0.934. The van der Waals surface area contributed by atoms with E-state index in [1.165, 1.54) is 38.5 Å². The SMILES string of the molecule is CCCOCCCCCCCCBr. The first-order valence-corrected chi connectivity index (χ1v) is 6.67. The van der Waals surface area contributed by atoms with Gasteiger partial charge in [0, 0.05) is 18.5 Å². The third-order valence-corrected chi connectivity index (χ3v) is 2.58. The molecule has 0 atom stereocenters. The van der Waals surface area contributed by atoms with Gasteiger partial charge in [0.25, 0.3) is 0 Å². The van der Waals surface area contributed by atoms with Gasteiger partial charge in [-0.25, -0.2) is 0 Å². The van der Waals surface area contributed by atoms with Crippen LogP contribution in [0.25, 0.3) is 0 Å². The van der Waals surface area contributed by atoms with Gasteiger partial charge in [0.05, 0.1) is 0 Å². The number of hydrogen-bond donors (Lipinski definition) is 0.